The molecule has 2 aromatic rings. The highest BCUT2D eigenvalue weighted by atomic mass is 16.3. The molecule has 0 heterocycles. The van der Waals surface area contributed by atoms with Crippen molar-refractivity contribution < 1.29 is 14.7 Å². The lowest BCUT2D eigenvalue weighted by Crippen LogP contribution is -2.21. The second-order valence-electron chi connectivity index (χ2n) is 5.88. The molecule has 0 aliphatic carbocycles. The monoisotopic (exact) mass is 368 g/mol. The molecule has 0 atom stereocenters. The number of nitrogens with one attached hydrogen (secondary N) is 2. The lowest BCUT2D eigenvalue weighted by Gasteiger charge is -2.21. The zero-order chi connectivity index (χ0) is 19.8. The first kappa shape index (κ1) is 20.0. The first-order chi connectivity index (χ1) is 12.9. The van der Waals surface area contributed by atoms with E-state index < -0.39 is 5.91 Å². The number of hydrazone groups is 1. The minimum absolute atomic E-state index is 0.0880. The molecule has 7 nitrogen and oxygen atoms in total. The quantitative estimate of drug-likeness (QED) is 0.517. The van der Waals surface area contributed by atoms with Crippen LogP contribution >= 0.6 is 0 Å². The maximum absolute atomic E-state index is 12.2. The van der Waals surface area contributed by atoms with Crippen LogP contribution in [0.25, 0.3) is 0 Å². The van der Waals surface area contributed by atoms with Crippen LogP contribution in [0.15, 0.2) is 47.6 Å². The van der Waals surface area contributed by atoms with Crippen LogP contribution in [0.2, 0.25) is 0 Å². The van der Waals surface area contributed by atoms with Crippen LogP contribution in [-0.4, -0.2) is 36.2 Å². The van der Waals surface area contributed by atoms with Gasteiger partial charge >= 0.3 is 0 Å². The molecule has 27 heavy (non-hydrogen) atoms. The van der Waals surface area contributed by atoms with Crippen molar-refractivity contribution >= 4 is 29.4 Å². The van der Waals surface area contributed by atoms with Gasteiger partial charge in [0.25, 0.3) is 5.91 Å². The fourth-order valence-corrected chi connectivity index (χ4v) is 2.59. The van der Waals surface area contributed by atoms with Crippen molar-refractivity contribution in [2.45, 2.75) is 20.8 Å². The molecular weight excluding hydrogens is 344 g/mol. The van der Waals surface area contributed by atoms with Gasteiger partial charge in [-0.05, 0) is 44.2 Å². The van der Waals surface area contributed by atoms with E-state index in [0.717, 1.165) is 18.8 Å². The van der Waals surface area contributed by atoms with Crippen LogP contribution in [0.4, 0.5) is 11.4 Å². The van der Waals surface area contributed by atoms with Crippen molar-refractivity contribution in [1.29, 1.82) is 0 Å². The van der Waals surface area contributed by atoms with Gasteiger partial charge < -0.3 is 15.3 Å². The summed E-state index contributed by atoms with van der Waals surface area (Å²) >= 11 is 0. The number of amides is 2. The van der Waals surface area contributed by atoms with Gasteiger partial charge in [-0.15, -0.1) is 0 Å². The summed E-state index contributed by atoms with van der Waals surface area (Å²) in [4.78, 5) is 25.4. The maximum atomic E-state index is 12.2. The number of nitrogens with zero attached hydrogens (tertiary/aromatic N) is 2. The third-order valence-corrected chi connectivity index (χ3v) is 3.96. The molecule has 142 valence electrons. The summed E-state index contributed by atoms with van der Waals surface area (Å²) in [6, 6.07) is 11.9. The van der Waals surface area contributed by atoms with Gasteiger partial charge in [0.1, 0.15) is 5.75 Å². The minimum atomic E-state index is -0.419. The Hall–Kier alpha value is -3.35. The van der Waals surface area contributed by atoms with E-state index in [4.69, 9.17) is 0 Å². The number of phenols is 1. The fourth-order valence-electron chi connectivity index (χ4n) is 2.59. The van der Waals surface area contributed by atoms with E-state index in [-0.39, 0.29) is 11.7 Å². The molecule has 0 saturated heterocycles. The van der Waals surface area contributed by atoms with Crippen LogP contribution < -0.4 is 15.6 Å². The van der Waals surface area contributed by atoms with Crippen LogP contribution in [-0.2, 0) is 4.79 Å². The number of carbonyl (C=O) groups is 2. The Balaban J connectivity index is 2.04. The molecule has 0 saturated carbocycles. The lowest BCUT2D eigenvalue weighted by molar-refractivity contribution is -0.114. The molecule has 0 fully saturated rings. The number of phenolic OH excluding ortho intramolecular Hbond substituents is 1. The van der Waals surface area contributed by atoms with Crippen LogP contribution in [0, 0.1) is 0 Å². The van der Waals surface area contributed by atoms with E-state index in [1.165, 1.54) is 13.1 Å². The largest absolute Gasteiger partial charge is 0.507 e. The van der Waals surface area contributed by atoms with Gasteiger partial charge in [-0.1, -0.05) is 6.07 Å². The van der Waals surface area contributed by atoms with Crippen molar-refractivity contribution in [3.8, 4) is 5.75 Å². The van der Waals surface area contributed by atoms with E-state index in [1.54, 1.807) is 36.4 Å². The zero-order valence-corrected chi connectivity index (χ0v) is 15.7. The molecule has 2 aromatic carbocycles. The van der Waals surface area contributed by atoms with Crippen molar-refractivity contribution in [3.05, 3.63) is 53.6 Å². The second kappa shape index (κ2) is 9.38. The highest BCUT2D eigenvalue weighted by Gasteiger charge is 2.07. The molecule has 0 unspecified atom stereocenters. The highest BCUT2D eigenvalue weighted by Crippen LogP contribution is 2.23. The smallest absolute Gasteiger partial charge is 0.271 e. The van der Waals surface area contributed by atoms with Crippen LogP contribution in [0.1, 0.15) is 36.7 Å². The molecule has 0 spiro atoms. The van der Waals surface area contributed by atoms with Gasteiger partial charge in [0, 0.05) is 48.6 Å². The van der Waals surface area contributed by atoms with Crippen molar-refractivity contribution in [2.24, 2.45) is 5.10 Å². The summed E-state index contributed by atoms with van der Waals surface area (Å²) < 4.78 is 0. The van der Waals surface area contributed by atoms with Crippen molar-refractivity contribution in [3.63, 3.8) is 0 Å². The molecule has 7 heteroatoms. The van der Waals surface area contributed by atoms with Gasteiger partial charge in [-0.3, -0.25) is 9.59 Å². The molecule has 3 N–H and O–H groups in total. The van der Waals surface area contributed by atoms with Gasteiger partial charge in [0.2, 0.25) is 5.91 Å². The lowest BCUT2D eigenvalue weighted by atomic mass is 10.2. The number of rotatable bonds is 7. The predicted octanol–water partition coefficient (Wildman–Crippen LogP) is 2.96. The normalized spacial score (nSPS) is 10.6. The van der Waals surface area contributed by atoms with Gasteiger partial charge in [0.05, 0.1) is 6.21 Å². The molecule has 0 aliphatic heterocycles. The van der Waals surface area contributed by atoms with Gasteiger partial charge in [0.15, 0.2) is 0 Å². The minimum Gasteiger partial charge on any atom is -0.507 e. The van der Waals surface area contributed by atoms with Crippen LogP contribution in [0.3, 0.4) is 0 Å². The maximum Gasteiger partial charge on any atom is 0.271 e. The van der Waals surface area contributed by atoms with Crippen molar-refractivity contribution in [2.75, 3.05) is 23.3 Å². The Bertz CT molecular complexity index is 845. The van der Waals surface area contributed by atoms with Gasteiger partial charge in [-0.25, -0.2) is 5.43 Å². The number of hydrogen-bond donors (Lipinski definition) is 3. The average Bonchev–Trinajstić information content (AvgIpc) is 2.64. The Kier molecular flexibility index (Phi) is 6.93. The third kappa shape index (κ3) is 5.57. The topological polar surface area (TPSA) is 94.0 Å². The summed E-state index contributed by atoms with van der Waals surface area (Å²) in [6.45, 7) is 7.18. The summed E-state index contributed by atoms with van der Waals surface area (Å²) in [7, 11) is 0. The van der Waals surface area contributed by atoms with E-state index in [0.29, 0.717) is 16.8 Å². The summed E-state index contributed by atoms with van der Waals surface area (Å²) in [5.74, 6) is -0.544. The Labute approximate surface area is 158 Å². The van der Waals surface area contributed by atoms with E-state index in [1.807, 2.05) is 19.9 Å². The van der Waals surface area contributed by atoms with E-state index in [9.17, 15) is 14.7 Å². The number of anilines is 2. The standard InChI is InChI=1S/C20H24N4O3/c1-4-24(5-2)18-10-9-16(19(26)12-18)13-21-23-20(27)15-7-6-8-17(11-15)22-14(3)25/h6-13,26H,4-5H2,1-3H3,(H,22,25)(H,23,27). The number of hydrogen-bond acceptors (Lipinski definition) is 5. The average molecular weight is 368 g/mol. The van der Waals surface area contributed by atoms with Gasteiger partial charge in [-0.2, -0.15) is 5.10 Å². The predicted molar refractivity (Wildman–Crippen MR) is 107 cm³/mol. The third-order valence-electron chi connectivity index (χ3n) is 3.96. The SMILES string of the molecule is CCN(CC)c1ccc(C=NNC(=O)c2cccc(NC(C)=O)c2)c(O)c1. The van der Waals surface area contributed by atoms with Crippen molar-refractivity contribution in [1.82, 2.24) is 5.43 Å². The zero-order valence-electron chi connectivity index (χ0n) is 15.7. The van der Waals surface area contributed by atoms with Crippen LogP contribution in [0.5, 0.6) is 5.75 Å². The number of aromatic hydroxyl groups is 1. The second-order valence-corrected chi connectivity index (χ2v) is 5.88. The molecule has 2 rings (SSSR count). The first-order valence-corrected chi connectivity index (χ1v) is 8.73. The van der Waals surface area contributed by atoms with E-state index >= 15 is 0 Å². The Morgan fingerprint density at radius 2 is 1.89 bits per heavy atom. The summed E-state index contributed by atoms with van der Waals surface area (Å²) in [5, 5.41) is 16.7. The molecule has 0 radical (unpaired) electrons. The molecule has 2 amide bonds. The first-order valence-electron chi connectivity index (χ1n) is 8.73. The molecule has 0 bridgehead atoms. The van der Waals surface area contributed by atoms with E-state index in [2.05, 4.69) is 20.7 Å². The number of carbonyl (C=O) groups excluding carboxylic acids is 2. The highest BCUT2D eigenvalue weighted by molar-refractivity contribution is 5.97. The number of benzene rings is 2. The molecular formula is C20H24N4O3. The Morgan fingerprint density at radius 1 is 1.15 bits per heavy atom. The Morgan fingerprint density at radius 3 is 2.52 bits per heavy atom. The summed E-state index contributed by atoms with van der Waals surface area (Å²) in [6.07, 6.45) is 1.39. The molecule has 0 aliphatic rings. The molecule has 0 aromatic heterocycles. The fraction of sp³-hybridized carbons (Fsp3) is 0.250. The summed E-state index contributed by atoms with van der Waals surface area (Å²) in [5.41, 5.74) is 4.73.